The first-order valence-electron chi connectivity index (χ1n) is 6.11. The first-order valence-corrected chi connectivity index (χ1v) is 9.20. The van der Waals surface area contributed by atoms with Crippen LogP contribution in [-0.4, -0.2) is 22.1 Å². The van der Waals surface area contributed by atoms with Gasteiger partial charge in [0, 0.05) is 10.9 Å². The molecule has 0 amide bonds. The number of halogens is 1. The summed E-state index contributed by atoms with van der Waals surface area (Å²) >= 11 is 4.55. The fraction of sp³-hybridized carbons (Fsp3) is 0.231. The molecule has 5 nitrogen and oxygen atoms in total. The smallest absolute Gasteiger partial charge is 0.271 e. The summed E-state index contributed by atoms with van der Waals surface area (Å²) in [6, 6.07) is 8.39. The van der Waals surface area contributed by atoms with Crippen molar-refractivity contribution in [3.8, 4) is 5.75 Å². The maximum Gasteiger partial charge on any atom is 0.271 e. The highest BCUT2D eigenvalue weighted by atomic mass is 79.9. The van der Waals surface area contributed by atoms with E-state index in [1.54, 1.807) is 30.3 Å². The van der Waals surface area contributed by atoms with Crippen molar-refractivity contribution in [2.75, 3.05) is 18.4 Å². The normalized spacial score (nSPS) is 11.4. The lowest BCUT2D eigenvalue weighted by atomic mass is 10.3. The molecule has 2 rings (SSSR count). The van der Waals surface area contributed by atoms with E-state index in [1.165, 1.54) is 18.4 Å². The zero-order valence-corrected chi connectivity index (χ0v) is 14.5. The summed E-state index contributed by atoms with van der Waals surface area (Å²) in [5.41, 5.74) is 5.92. The second-order valence-electron chi connectivity index (χ2n) is 4.21. The molecule has 1 heterocycles. The maximum absolute atomic E-state index is 12.3. The van der Waals surface area contributed by atoms with Crippen LogP contribution in [0.2, 0.25) is 0 Å². The average molecular weight is 391 g/mol. The van der Waals surface area contributed by atoms with E-state index < -0.39 is 10.0 Å². The van der Waals surface area contributed by atoms with Gasteiger partial charge in [0.2, 0.25) is 0 Å². The van der Waals surface area contributed by atoms with Crippen molar-refractivity contribution in [1.29, 1.82) is 0 Å². The predicted molar refractivity (Wildman–Crippen MR) is 88.6 cm³/mol. The molecule has 0 spiro atoms. The number of benzene rings is 1. The number of nitrogens with one attached hydrogen (secondary N) is 1. The van der Waals surface area contributed by atoms with Crippen molar-refractivity contribution in [1.82, 2.24) is 0 Å². The van der Waals surface area contributed by atoms with Crippen LogP contribution in [0.4, 0.5) is 5.69 Å². The zero-order chi connectivity index (χ0) is 15.5. The van der Waals surface area contributed by atoms with Gasteiger partial charge in [-0.3, -0.25) is 4.72 Å². The number of sulfonamides is 1. The molecule has 0 saturated carbocycles. The van der Waals surface area contributed by atoms with Gasteiger partial charge in [-0.2, -0.15) is 0 Å². The Hall–Kier alpha value is -1.09. The number of thiophene rings is 1. The number of hydrogen-bond donors (Lipinski definition) is 2. The standard InChI is InChI=1S/C13H15BrN2O3S2/c1-19-12-8-9(2-4-11(12)14)16-21(17,18)13-5-3-10(20-13)6-7-15/h2-5,8,16H,6-7,15H2,1H3. The van der Waals surface area contributed by atoms with Crippen molar-refractivity contribution in [2.24, 2.45) is 5.73 Å². The summed E-state index contributed by atoms with van der Waals surface area (Å²) in [6.07, 6.45) is 0.673. The molecule has 0 atom stereocenters. The summed E-state index contributed by atoms with van der Waals surface area (Å²) < 4.78 is 33.4. The fourth-order valence-electron chi connectivity index (χ4n) is 1.71. The molecular formula is C13H15BrN2O3S2. The molecule has 0 radical (unpaired) electrons. The summed E-state index contributed by atoms with van der Waals surface area (Å²) in [5, 5.41) is 0. The molecule has 0 aliphatic rings. The highest BCUT2D eigenvalue weighted by Gasteiger charge is 2.17. The van der Waals surface area contributed by atoms with Crippen molar-refractivity contribution < 1.29 is 13.2 Å². The topological polar surface area (TPSA) is 81.4 Å². The van der Waals surface area contributed by atoms with Gasteiger partial charge in [-0.05, 0) is 53.2 Å². The summed E-state index contributed by atoms with van der Waals surface area (Å²) in [4.78, 5) is 0.950. The minimum atomic E-state index is -3.59. The van der Waals surface area contributed by atoms with E-state index in [9.17, 15) is 8.42 Å². The summed E-state index contributed by atoms with van der Waals surface area (Å²) in [6.45, 7) is 0.497. The molecule has 0 aliphatic heterocycles. The van der Waals surface area contributed by atoms with Gasteiger partial charge in [0.1, 0.15) is 9.96 Å². The van der Waals surface area contributed by atoms with Crippen LogP contribution in [0.25, 0.3) is 0 Å². The van der Waals surface area contributed by atoms with Gasteiger partial charge >= 0.3 is 0 Å². The molecule has 1 aromatic heterocycles. The van der Waals surface area contributed by atoms with Gasteiger partial charge in [0.25, 0.3) is 10.0 Å². The van der Waals surface area contributed by atoms with Crippen LogP contribution in [0.3, 0.4) is 0 Å². The number of nitrogens with two attached hydrogens (primary N) is 1. The van der Waals surface area contributed by atoms with Crippen LogP contribution in [0.15, 0.2) is 39.0 Å². The van der Waals surface area contributed by atoms with Gasteiger partial charge in [-0.1, -0.05) is 0 Å². The van der Waals surface area contributed by atoms with E-state index in [1.807, 2.05) is 0 Å². The molecule has 3 N–H and O–H groups in total. The molecule has 0 fully saturated rings. The highest BCUT2D eigenvalue weighted by Crippen LogP contribution is 2.30. The predicted octanol–water partition coefficient (Wildman–Crippen LogP) is 2.82. The minimum Gasteiger partial charge on any atom is -0.495 e. The summed E-state index contributed by atoms with van der Waals surface area (Å²) in [5.74, 6) is 0.560. The Kier molecular flexibility index (Phi) is 5.26. The molecule has 8 heteroatoms. The van der Waals surface area contributed by atoms with E-state index in [0.29, 0.717) is 24.4 Å². The average Bonchev–Trinajstić information content (AvgIpc) is 2.91. The number of rotatable bonds is 6. The van der Waals surface area contributed by atoms with Crippen LogP contribution in [0, 0.1) is 0 Å². The third kappa shape index (κ3) is 3.97. The van der Waals surface area contributed by atoms with Crippen molar-refractivity contribution >= 4 is 43.0 Å². The second-order valence-corrected chi connectivity index (χ2v) is 8.15. The van der Waals surface area contributed by atoms with Crippen molar-refractivity contribution in [3.63, 3.8) is 0 Å². The van der Waals surface area contributed by atoms with E-state index in [2.05, 4.69) is 20.7 Å². The Labute approximate surface area is 136 Å². The van der Waals surface area contributed by atoms with E-state index in [4.69, 9.17) is 10.5 Å². The van der Waals surface area contributed by atoms with Crippen LogP contribution in [0.1, 0.15) is 4.88 Å². The third-order valence-electron chi connectivity index (χ3n) is 2.70. The van der Waals surface area contributed by atoms with Crippen LogP contribution in [0.5, 0.6) is 5.75 Å². The first kappa shape index (κ1) is 16.3. The van der Waals surface area contributed by atoms with Crippen LogP contribution < -0.4 is 15.2 Å². The quantitative estimate of drug-likeness (QED) is 0.794. The van der Waals surface area contributed by atoms with E-state index >= 15 is 0 Å². The first-order chi connectivity index (χ1) is 9.96. The van der Waals surface area contributed by atoms with Crippen molar-refractivity contribution in [2.45, 2.75) is 10.6 Å². The third-order valence-corrected chi connectivity index (χ3v) is 6.37. The molecule has 21 heavy (non-hydrogen) atoms. The van der Waals surface area contributed by atoms with Gasteiger partial charge in [0.15, 0.2) is 0 Å². The molecule has 0 unspecified atom stereocenters. The van der Waals surface area contributed by atoms with E-state index in [-0.39, 0.29) is 4.21 Å². The van der Waals surface area contributed by atoms with Gasteiger partial charge in [-0.15, -0.1) is 11.3 Å². The molecule has 0 saturated heterocycles. The molecule has 2 aromatic rings. The Morgan fingerprint density at radius 3 is 2.76 bits per heavy atom. The Morgan fingerprint density at radius 2 is 2.10 bits per heavy atom. The van der Waals surface area contributed by atoms with Crippen LogP contribution in [-0.2, 0) is 16.4 Å². The highest BCUT2D eigenvalue weighted by molar-refractivity contribution is 9.10. The molecule has 1 aromatic carbocycles. The van der Waals surface area contributed by atoms with Crippen LogP contribution >= 0.6 is 27.3 Å². The second kappa shape index (κ2) is 6.78. The van der Waals surface area contributed by atoms with Gasteiger partial charge < -0.3 is 10.5 Å². The molecular weight excluding hydrogens is 376 g/mol. The van der Waals surface area contributed by atoms with Crippen molar-refractivity contribution in [3.05, 3.63) is 39.7 Å². The SMILES string of the molecule is COc1cc(NS(=O)(=O)c2ccc(CCN)s2)ccc1Br. The van der Waals surface area contributed by atoms with E-state index in [0.717, 1.165) is 9.35 Å². The van der Waals surface area contributed by atoms with Gasteiger partial charge in [0.05, 0.1) is 17.3 Å². The maximum atomic E-state index is 12.3. The summed E-state index contributed by atoms with van der Waals surface area (Å²) in [7, 11) is -2.07. The molecule has 0 aliphatic carbocycles. The number of anilines is 1. The number of ether oxygens (including phenoxy) is 1. The Bertz CT molecular complexity index is 729. The number of hydrogen-bond acceptors (Lipinski definition) is 5. The lowest BCUT2D eigenvalue weighted by Crippen LogP contribution is -2.11. The molecule has 114 valence electrons. The lowest BCUT2D eigenvalue weighted by molar-refractivity contribution is 0.412. The lowest BCUT2D eigenvalue weighted by Gasteiger charge is -2.09. The Balaban J connectivity index is 2.24. The number of methoxy groups -OCH3 is 1. The van der Waals surface area contributed by atoms with Gasteiger partial charge in [-0.25, -0.2) is 8.42 Å². The largest absolute Gasteiger partial charge is 0.495 e. The Morgan fingerprint density at radius 1 is 1.33 bits per heavy atom. The molecule has 0 bridgehead atoms. The fourth-order valence-corrected chi connectivity index (χ4v) is 4.54. The zero-order valence-electron chi connectivity index (χ0n) is 11.3. The monoisotopic (exact) mass is 390 g/mol. The minimum absolute atomic E-state index is 0.271.